The number of hydrogen-bond acceptors (Lipinski definition) is 5. The molecule has 0 aliphatic carbocycles. The van der Waals surface area contributed by atoms with Gasteiger partial charge in [-0.05, 0) is 29.0 Å². The van der Waals surface area contributed by atoms with E-state index in [1.807, 2.05) is 11.4 Å². The number of rotatable bonds is 4. The van der Waals surface area contributed by atoms with Gasteiger partial charge in [0.15, 0.2) is 0 Å². The van der Waals surface area contributed by atoms with Crippen molar-refractivity contribution < 1.29 is 14.4 Å². The van der Waals surface area contributed by atoms with Crippen molar-refractivity contribution in [2.24, 2.45) is 0 Å². The van der Waals surface area contributed by atoms with Gasteiger partial charge in [0.1, 0.15) is 0 Å². The van der Waals surface area contributed by atoms with E-state index in [0.717, 1.165) is 19.1 Å². The van der Waals surface area contributed by atoms with Crippen LogP contribution in [-0.4, -0.2) is 53.3 Å². The SMILES string of the molecule is CN(Cc1cc(Br)cs1)CN1C(=O)C(=O)N(C)C1=O. The van der Waals surface area contributed by atoms with Crippen LogP contribution in [0, 0.1) is 0 Å². The zero-order valence-electron chi connectivity index (χ0n) is 10.4. The van der Waals surface area contributed by atoms with Crippen LogP contribution in [0.4, 0.5) is 4.79 Å². The molecule has 0 saturated carbocycles. The third-order valence-corrected chi connectivity index (χ3v) is 4.36. The highest BCUT2D eigenvalue weighted by Gasteiger charge is 2.42. The molecule has 1 aliphatic rings. The van der Waals surface area contributed by atoms with Gasteiger partial charge < -0.3 is 0 Å². The highest BCUT2D eigenvalue weighted by atomic mass is 79.9. The number of nitrogens with zero attached hydrogens (tertiary/aromatic N) is 3. The Kier molecular flexibility index (Phi) is 4.02. The van der Waals surface area contributed by atoms with Crippen LogP contribution in [0.5, 0.6) is 0 Å². The summed E-state index contributed by atoms with van der Waals surface area (Å²) in [6.45, 7) is 0.703. The molecule has 102 valence electrons. The Labute approximate surface area is 122 Å². The van der Waals surface area contributed by atoms with E-state index in [-0.39, 0.29) is 6.67 Å². The van der Waals surface area contributed by atoms with E-state index < -0.39 is 17.8 Å². The molecule has 1 aromatic rings. The number of imide groups is 2. The Morgan fingerprint density at radius 1 is 1.32 bits per heavy atom. The number of thiophene rings is 1. The van der Waals surface area contributed by atoms with Gasteiger partial charge in [-0.3, -0.25) is 19.4 Å². The molecule has 19 heavy (non-hydrogen) atoms. The molecule has 1 aliphatic heterocycles. The summed E-state index contributed by atoms with van der Waals surface area (Å²) in [6.07, 6.45) is 0. The Bertz CT molecular complexity index is 545. The van der Waals surface area contributed by atoms with E-state index in [2.05, 4.69) is 15.9 Å². The minimum absolute atomic E-state index is 0.100. The van der Waals surface area contributed by atoms with Crippen LogP contribution in [0.15, 0.2) is 15.9 Å². The lowest BCUT2D eigenvalue weighted by Gasteiger charge is -2.21. The lowest BCUT2D eigenvalue weighted by Crippen LogP contribution is -2.40. The third kappa shape index (κ3) is 2.85. The average molecular weight is 346 g/mol. The second-order valence-electron chi connectivity index (χ2n) is 4.27. The molecule has 2 rings (SSSR count). The summed E-state index contributed by atoms with van der Waals surface area (Å²) in [6, 6.07) is 1.40. The fourth-order valence-electron chi connectivity index (χ4n) is 1.73. The summed E-state index contributed by atoms with van der Waals surface area (Å²) < 4.78 is 1.00. The number of carbonyl (C=O) groups is 3. The van der Waals surface area contributed by atoms with Gasteiger partial charge in [0.05, 0.1) is 6.67 Å². The molecule has 6 nitrogen and oxygen atoms in total. The predicted octanol–water partition coefficient (Wildman–Crippen LogP) is 1.32. The van der Waals surface area contributed by atoms with Gasteiger partial charge in [0.25, 0.3) is 0 Å². The standard InChI is InChI=1S/C11H12BrN3O3S/c1-13(4-8-3-7(12)5-19-8)6-15-10(17)9(16)14(2)11(15)18/h3,5H,4,6H2,1-2H3. The van der Waals surface area contributed by atoms with E-state index >= 15 is 0 Å². The smallest absolute Gasteiger partial charge is 0.283 e. The molecular formula is C11H12BrN3O3S. The normalized spacial score (nSPS) is 16.1. The molecule has 1 saturated heterocycles. The molecule has 0 spiro atoms. The van der Waals surface area contributed by atoms with Crippen molar-refractivity contribution in [3.05, 3.63) is 20.8 Å². The number of halogens is 1. The largest absolute Gasteiger partial charge is 0.335 e. The maximum atomic E-state index is 11.7. The first-order valence-corrected chi connectivity index (χ1v) is 7.12. The summed E-state index contributed by atoms with van der Waals surface area (Å²) in [7, 11) is 3.09. The van der Waals surface area contributed by atoms with Crippen molar-refractivity contribution in [2.75, 3.05) is 20.8 Å². The van der Waals surface area contributed by atoms with Crippen molar-refractivity contribution in [1.82, 2.24) is 14.7 Å². The Balaban J connectivity index is 1.99. The minimum atomic E-state index is -0.780. The zero-order chi connectivity index (χ0) is 14.2. The van der Waals surface area contributed by atoms with Crippen LogP contribution in [0.2, 0.25) is 0 Å². The van der Waals surface area contributed by atoms with Gasteiger partial charge in [0.2, 0.25) is 0 Å². The molecule has 1 aromatic heterocycles. The predicted molar refractivity (Wildman–Crippen MR) is 73.4 cm³/mol. The number of hydrogen-bond donors (Lipinski definition) is 0. The van der Waals surface area contributed by atoms with Crippen LogP contribution < -0.4 is 0 Å². The molecular weight excluding hydrogens is 334 g/mol. The molecule has 1 fully saturated rings. The molecule has 8 heteroatoms. The van der Waals surface area contributed by atoms with E-state index in [1.165, 1.54) is 7.05 Å². The first kappa shape index (κ1) is 14.2. The Hall–Kier alpha value is -1.25. The van der Waals surface area contributed by atoms with Crippen molar-refractivity contribution in [2.45, 2.75) is 6.54 Å². The zero-order valence-corrected chi connectivity index (χ0v) is 12.8. The number of amides is 4. The van der Waals surface area contributed by atoms with Crippen molar-refractivity contribution in [3.8, 4) is 0 Å². The van der Waals surface area contributed by atoms with Crippen LogP contribution in [0.1, 0.15) is 4.88 Å². The molecule has 0 radical (unpaired) electrons. The minimum Gasteiger partial charge on any atom is -0.283 e. The highest BCUT2D eigenvalue weighted by molar-refractivity contribution is 9.10. The summed E-state index contributed by atoms with van der Waals surface area (Å²) in [5.41, 5.74) is 0. The van der Waals surface area contributed by atoms with E-state index in [0.29, 0.717) is 6.54 Å². The van der Waals surface area contributed by atoms with Crippen LogP contribution in [0.3, 0.4) is 0 Å². The van der Waals surface area contributed by atoms with Gasteiger partial charge >= 0.3 is 17.8 Å². The molecule has 0 aromatic carbocycles. The Morgan fingerprint density at radius 2 is 2.00 bits per heavy atom. The third-order valence-electron chi connectivity index (χ3n) is 2.68. The first-order valence-electron chi connectivity index (χ1n) is 5.45. The van der Waals surface area contributed by atoms with Crippen molar-refractivity contribution in [3.63, 3.8) is 0 Å². The van der Waals surface area contributed by atoms with E-state index in [1.54, 1.807) is 23.3 Å². The second kappa shape index (κ2) is 5.40. The summed E-state index contributed by atoms with van der Waals surface area (Å²) in [4.78, 5) is 39.3. The van der Waals surface area contributed by atoms with E-state index in [9.17, 15) is 14.4 Å². The summed E-state index contributed by atoms with van der Waals surface area (Å²) in [5.74, 6) is -1.55. The fraction of sp³-hybridized carbons (Fsp3) is 0.364. The molecule has 0 bridgehead atoms. The van der Waals surface area contributed by atoms with Gasteiger partial charge in [-0.2, -0.15) is 0 Å². The quantitative estimate of drug-likeness (QED) is 0.610. The van der Waals surface area contributed by atoms with Crippen LogP contribution in [-0.2, 0) is 16.1 Å². The molecule has 0 atom stereocenters. The monoisotopic (exact) mass is 345 g/mol. The second-order valence-corrected chi connectivity index (χ2v) is 6.18. The summed E-state index contributed by atoms with van der Waals surface area (Å²) in [5, 5.41) is 1.96. The van der Waals surface area contributed by atoms with Gasteiger partial charge in [0, 0.05) is 28.3 Å². The van der Waals surface area contributed by atoms with Crippen molar-refractivity contribution in [1.29, 1.82) is 0 Å². The number of carbonyl (C=O) groups excluding carboxylic acids is 3. The Morgan fingerprint density at radius 3 is 2.47 bits per heavy atom. The maximum Gasteiger partial charge on any atom is 0.335 e. The molecule has 0 unspecified atom stereocenters. The average Bonchev–Trinajstić information content (AvgIpc) is 2.83. The van der Waals surface area contributed by atoms with Gasteiger partial charge in [-0.15, -0.1) is 11.3 Å². The fourth-order valence-corrected chi connectivity index (χ4v) is 3.26. The van der Waals surface area contributed by atoms with Gasteiger partial charge in [-0.25, -0.2) is 9.69 Å². The first-order chi connectivity index (χ1) is 8.90. The lowest BCUT2D eigenvalue weighted by molar-refractivity contribution is -0.143. The van der Waals surface area contributed by atoms with Crippen molar-refractivity contribution >= 4 is 45.1 Å². The molecule has 2 heterocycles. The van der Waals surface area contributed by atoms with Crippen LogP contribution in [0.25, 0.3) is 0 Å². The number of likely N-dealkylation sites (N-methyl/N-ethyl adjacent to an activating group) is 1. The topological polar surface area (TPSA) is 60.9 Å². The summed E-state index contributed by atoms with van der Waals surface area (Å²) >= 11 is 4.95. The number of urea groups is 1. The van der Waals surface area contributed by atoms with Crippen LogP contribution >= 0.6 is 27.3 Å². The molecule has 0 N–H and O–H groups in total. The lowest BCUT2D eigenvalue weighted by atomic mass is 10.4. The highest BCUT2D eigenvalue weighted by Crippen LogP contribution is 2.21. The maximum absolute atomic E-state index is 11.7. The van der Waals surface area contributed by atoms with E-state index in [4.69, 9.17) is 0 Å². The van der Waals surface area contributed by atoms with Gasteiger partial charge in [-0.1, -0.05) is 0 Å². The molecule has 4 amide bonds.